The van der Waals surface area contributed by atoms with Gasteiger partial charge in [0.05, 0.1) is 0 Å². The second kappa shape index (κ2) is 8.85. The molecular formula is C33H17ClN8O. The molecular weight excluding hydrogens is 560 g/mol. The van der Waals surface area contributed by atoms with Crippen LogP contribution in [0.2, 0.25) is 0 Å². The summed E-state index contributed by atoms with van der Waals surface area (Å²) in [4.78, 5) is 46.1. The van der Waals surface area contributed by atoms with Crippen molar-refractivity contribution in [1.29, 1.82) is 0 Å². The molecule has 0 aliphatic carbocycles. The van der Waals surface area contributed by atoms with Gasteiger partial charge in [0, 0.05) is 43.8 Å². The average molecular weight is 577 g/mol. The Bertz CT molecular complexity index is 2350. The van der Waals surface area contributed by atoms with Crippen LogP contribution in [0.3, 0.4) is 0 Å². The summed E-state index contributed by atoms with van der Waals surface area (Å²) in [6, 6.07) is 31.0. The number of halogens is 1. The number of carbonyl (C=O) groups is 1. The highest BCUT2D eigenvalue weighted by molar-refractivity contribution is 6.64. The van der Waals surface area contributed by atoms with Gasteiger partial charge in [0.15, 0.2) is 34.6 Å². The maximum atomic E-state index is 13.1. The highest BCUT2D eigenvalue weighted by Gasteiger charge is 2.24. The minimum absolute atomic E-state index is 0.324. The van der Waals surface area contributed by atoms with Crippen molar-refractivity contribution in [3.63, 3.8) is 0 Å². The fraction of sp³-hybridized carbons (Fsp3) is 0. The maximum absolute atomic E-state index is 13.1. The molecule has 0 saturated heterocycles. The van der Waals surface area contributed by atoms with Crippen LogP contribution in [-0.2, 0) is 0 Å². The molecule has 0 amide bonds. The summed E-state index contributed by atoms with van der Waals surface area (Å²) < 4.78 is 1.31. The minimum atomic E-state index is -0.750. The molecule has 202 valence electrons. The van der Waals surface area contributed by atoms with E-state index in [9.17, 15) is 4.79 Å². The lowest BCUT2D eigenvalue weighted by Gasteiger charge is -1.99. The van der Waals surface area contributed by atoms with E-state index in [0.29, 0.717) is 56.7 Å². The first-order valence-electron chi connectivity index (χ1n) is 13.6. The summed E-state index contributed by atoms with van der Waals surface area (Å²) in [7, 11) is 0. The molecule has 0 spiro atoms. The SMILES string of the molecule is O=C(Cl)n1c2nc3nc(nc4[nH]c(nc5nc(nc1c1ccccc12)-c1ccccc1-5)c1ccccc41)-c1ccccc1-3. The second-order valence-electron chi connectivity index (χ2n) is 10.2. The van der Waals surface area contributed by atoms with E-state index < -0.39 is 5.37 Å². The third-order valence-corrected chi connectivity index (χ3v) is 7.95. The lowest BCUT2D eigenvalue weighted by molar-refractivity contribution is 0.262. The van der Waals surface area contributed by atoms with Gasteiger partial charge in [0.25, 0.3) is 0 Å². The Morgan fingerprint density at radius 1 is 0.488 bits per heavy atom. The minimum Gasteiger partial charge on any atom is -0.324 e. The van der Waals surface area contributed by atoms with Gasteiger partial charge in [-0.2, -0.15) is 0 Å². The Labute approximate surface area is 247 Å². The first-order chi connectivity index (χ1) is 21.1. The molecule has 9 nitrogen and oxygen atoms in total. The molecule has 0 unspecified atom stereocenters. The summed E-state index contributed by atoms with van der Waals surface area (Å²) in [6.07, 6.45) is 0. The largest absolute Gasteiger partial charge is 0.327 e. The number of hydrogen-bond donors (Lipinski definition) is 1. The number of nitrogens with one attached hydrogen (secondary N) is 1. The van der Waals surface area contributed by atoms with Gasteiger partial charge >= 0.3 is 5.37 Å². The average Bonchev–Trinajstić information content (AvgIpc) is 3.75. The molecule has 9 rings (SSSR count). The summed E-state index contributed by atoms with van der Waals surface area (Å²) in [5.41, 5.74) is 5.09. The van der Waals surface area contributed by atoms with Crippen molar-refractivity contribution in [2.45, 2.75) is 0 Å². The number of benzene rings is 4. The van der Waals surface area contributed by atoms with Crippen LogP contribution in [0.1, 0.15) is 0 Å². The first kappa shape index (κ1) is 23.9. The van der Waals surface area contributed by atoms with E-state index in [0.717, 1.165) is 33.0 Å². The Kier molecular flexibility index (Phi) is 4.91. The summed E-state index contributed by atoms with van der Waals surface area (Å²) in [6.45, 7) is 0. The molecule has 0 atom stereocenters. The van der Waals surface area contributed by atoms with Crippen molar-refractivity contribution in [3.8, 4) is 45.6 Å². The normalized spacial score (nSPS) is 11.9. The van der Waals surface area contributed by atoms with Crippen LogP contribution in [0.25, 0.3) is 89.7 Å². The molecule has 3 aromatic heterocycles. The van der Waals surface area contributed by atoms with E-state index in [1.165, 1.54) is 4.57 Å². The number of nitrogens with zero attached hydrogens (tertiary/aromatic N) is 7. The van der Waals surface area contributed by atoms with Gasteiger partial charge in [-0.1, -0.05) is 97.1 Å². The number of aromatic nitrogens is 8. The Balaban J connectivity index is 1.56. The standard InChI is InChI=1S/C33H17ClN8O/c34-33(43)42-31-23-15-7-8-16-24(23)32(42)41-30-22-14-6-4-12-20(22)28(39-30)37-26-18-10-2-1-9-17(18)25(35-26)36-27-19-11-3-5-13-21(19)29(38-27)40-31/h1-16H,(H,35,36,37,38,39,40,41). The number of H-pyrrole nitrogens is 1. The fourth-order valence-corrected chi connectivity index (χ4v) is 6.02. The van der Waals surface area contributed by atoms with Crippen LogP contribution in [0.4, 0.5) is 4.79 Å². The molecule has 43 heavy (non-hydrogen) atoms. The van der Waals surface area contributed by atoms with Crippen LogP contribution >= 0.6 is 11.6 Å². The third kappa shape index (κ3) is 3.49. The molecule has 2 aliphatic heterocycles. The number of fused-ring (bicyclic) bond motifs is 20. The highest BCUT2D eigenvalue weighted by Crippen LogP contribution is 2.37. The molecule has 2 aliphatic rings. The van der Waals surface area contributed by atoms with Crippen molar-refractivity contribution < 1.29 is 4.79 Å². The smallest absolute Gasteiger partial charge is 0.324 e. The van der Waals surface area contributed by atoms with Gasteiger partial charge < -0.3 is 4.98 Å². The zero-order valence-corrected chi connectivity index (χ0v) is 22.9. The van der Waals surface area contributed by atoms with Crippen LogP contribution < -0.4 is 0 Å². The number of rotatable bonds is 0. The van der Waals surface area contributed by atoms with Crippen LogP contribution in [0.5, 0.6) is 0 Å². The van der Waals surface area contributed by atoms with Gasteiger partial charge in [0.2, 0.25) is 0 Å². The van der Waals surface area contributed by atoms with Crippen molar-refractivity contribution in [3.05, 3.63) is 97.1 Å². The van der Waals surface area contributed by atoms with Gasteiger partial charge in [-0.25, -0.2) is 34.5 Å². The highest BCUT2D eigenvalue weighted by atomic mass is 35.5. The molecule has 4 aromatic carbocycles. The second-order valence-corrected chi connectivity index (χ2v) is 10.5. The van der Waals surface area contributed by atoms with Gasteiger partial charge in [-0.05, 0) is 11.6 Å². The Morgan fingerprint density at radius 2 is 0.837 bits per heavy atom. The van der Waals surface area contributed by atoms with E-state index in [1.54, 1.807) is 0 Å². The zero-order valence-electron chi connectivity index (χ0n) is 22.2. The molecule has 0 saturated carbocycles. The van der Waals surface area contributed by atoms with E-state index in [4.69, 9.17) is 41.5 Å². The summed E-state index contributed by atoms with van der Waals surface area (Å²) in [5, 5.41) is 2.44. The molecule has 7 aromatic rings. The number of hydrogen-bond acceptors (Lipinski definition) is 7. The van der Waals surface area contributed by atoms with Gasteiger partial charge in [0.1, 0.15) is 11.3 Å². The van der Waals surface area contributed by atoms with E-state index in [-0.39, 0.29) is 0 Å². The molecule has 0 radical (unpaired) electrons. The predicted octanol–water partition coefficient (Wildman–Crippen LogP) is 7.55. The zero-order chi connectivity index (χ0) is 28.7. The summed E-state index contributed by atoms with van der Waals surface area (Å²) in [5.74, 6) is 1.80. The van der Waals surface area contributed by atoms with Crippen molar-refractivity contribution in [2.24, 2.45) is 0 Å². The van der Waals surface area contributed by atoms with E-state index in [1.807, 2.05) is 97.1 Å². The molecule has 8 bridgehead atoms. The fourth-order valence-electron chi connectivity index (χ4n) is 5.86. The van der Waals surface area contributed by atoms with Crippen LogP contribution in [-0.4, -0.2) is 44.8 Å². The topological polar surface area (TPSA) is 115 Å². The van der Waals surface area contributed by atoms with Crippen LogP contribution in [0.15, 0.2) is 97.1 Å². The Morgan fingerprint density at radius 3 is 1.23 bits per heavy atom. The molecule has 0 fully saturated rings. The first-order valence-corrected chi connectivity index (χ1v) is 13.9. The molecule has 5 heterocycles. The lowest BCUT2D eigenvalue weighted by Crippen LogP contribution is -2.03. The molecule has 1 N–H and O–H groups in total. The quantitative estimate of drug-likeness (QED) is 0.185. The number of aromatic amines is 1. The van der Waals surface area contributed by atoms with E-state index in [2.05, 4.69) is 4.98 Å². The van der Waals surface area contributed by atoms with Crippen LogP contribution in [0, 0.1) is 0 Å². The monoisotopic (exact) mass is 576 g/mol. The lowest BCUT2D eigenvalue weighted by atomic mass is 10.1. The van der Waals surface area contributed by atoms with Crippen molar-refractivity contribution in [1.82, 2.24) is 39.5 Å². The predicted molar refractivity (Wildman–Crippen MR) is 166 cm³/mol. The van der Waals surface area contributed by atoms with Crippen molar-refractivity contribution in [2.75, 3.05) is 0 Å². The summed E-state index contributed by atoms with van der Waals surface area (Å²) >= 11 is 6.26. The maximum Gasteiger partial charge on any atom is 0.327 e. The van der Waals surface area contributed by atoms with Gasteiger partial charge in [-0.15, -0.1) is 0 Å². The third-order valence-electron chi connectivity index (χ3n) is 7.78. The number of carbonyl (C=O) groups excluding carboxylic acids is 1. The Hall–Kier alpha value is -5.80. The van der Waals surface area contributed by atoms with Gasteiger partial charge in [-0.3, -0.25) is 4.79 Å². The van der Waals surface area contributed by atoms with Crippen molar-refractivity contribution >= 4 is 61.1 Å². The van der Waals surface area contributed by atoms with E-state index >= 15 is 0 Å². The molecule has 10 heteroatoms.